The minimum absolute atomic E-state index is 0.122. The number of alkyl halides is 3. The highest BCUT2D eigenvalue weighted by Gasteiger charge is 2.36. The van der Waals surface area contributed by atoms with E-state index < -0.39 is 38.6 Å². The summed E-state index contributed by atoms with van der Waals surface area (Å²) in [5, 5.41) is 2.70. The average molecular weight is 444 g/mol. The predicted molar refractivity (Wildman–Crippen MR) is 100 cm³/mol. The third kappa shape index (κ3) is 5.03. The SMILES string of the molecule is C[C@@H](NC(=O)CCNS(=O)(=O)c1ccccc1C(F)(F)F)c1ccc2c(c1)OCO2. The molecule has 0 aromatic heterocycles. The van der Waals surface area contributed by atoms with E-state index in [0.29, 0.717) is 17.6 Å². The van der Waals surface area contributed by atoms with Crippen LogP contribution in [0.25, 0.3) is 0 Å². The number of hydrogen-bond acceptors (Lipinski definition) is 5. The first-order chi connectivity index (χ1) is 14.1. The summed E-state index contributed by atoms with van der Waals surface area (Å²) in [6, 6.07) is 8.67. The molecule has 2 N–H and O–H groups in total. The van der Waals surface area contributed by atoms with Crippen LogP contribution in [-0.2, 0) is 21.0 Å². The topological polar surface area (TPSA) is 93.7 Å². The lowest BCUT2D eigenvalue weighted by Crippen LogP contribution is -2.32. The number of carbonyl (C=O) groups excluding carboxylic acids is 1. The van der Waals surface area contributed by atoms with E-state index in [4.69, 9.17) is 9.47 Å². The number of benzene rings is 2. The zero-order chi connectivity index (χ0) is 21.9. The third-order valence-corrected chi connectivity index (χ3v) is 5.92. The molecule has 162 valence electrons. The fraction of sp³-hybridized carbons (Fsp3) is 0.316. The Hall–Kier alpha value is -2.79. The molecule has 1 aliphatic rings. The van der Waals surface area contributed by atoms with Gasteiger partial charge in [-0.15, -0.1) is 0 Å². The van der Waals surface area contributed by atoms with Crippen molar-refractivity contribution in [3.63, 3.8) is 0 Å². The monoisotopic (exact) mass is 444 g/mol. The molecule has 0 saturated carbocycles. The Balaban J connectivity index is 1.57. The number of carbonyl (C=O) groups is 1. The maximum Gasteiger partial charge on any atom is 0.417 e. The van der Waals surface area contributed by atoms with Crippen LogP contribution in [0, 0.1) is 0 Å². The van der Waals surface area contributed by atoms with Crippen molar-refractivity contribution in [1.29, 1.82) is 0 Å². The maximum atomic E-state index is 13.0. The van der Waals surface area contributed by atoms with Gasteiger partial charge in [-0.3, -0.25) is 4.79 Å². The molecule has 2 aromatic carbocycles. The Morgan fingerprint density at radius 3 is 2.57 bits per heavy atom. The highest BCUT2D eigenvalue weighted by atomic mass is 32.2. The van der Waals surface area contributed by atoms with Gasteiger partial charge < -0.3 is 14.8 Å². The van der Waals surface area contributed by atoms with Gasteiger partial charge in [-0.2, -0.15) is 13.2 Å². The van der Waals surface area contributed by atoms with Crippen LogP contribution in [0.2, 0.25) is 0 Å². The van der Waals surface area contributed by atoms with Crippen molar-refractivity contribution < 1.29 is 35.9 Å². The largest absolute Gasteiger partial charge is 0.454 e. The third-order valence-electron chi connectivity index (χ3n) is 4.40. The second-order valence-corrected chi connectivity index (χ2v) is 8.28. The van der Waals surface area contributed by atoms with E-state index in [-0.39, 0.29) is 19.8 Å². The normalized spacial score (nSPS) is 14.4. The molecule has 0 radical (unpaired) electrons. The van der Waals surface area contributed by atoms with Gasteiger partial charge in [0.1, 0.15) is 0 Å². The first-order valence-electron chi connectivity index (χ1n) is 8.93. The summed E-state index contributed by atoms with van der Waals surface area (Å²) in [6.07, 6.45) is -5.06. The smallest absolute Gasteiger partial charge is 0.417 e. The summed E-state index contributed by atoms with van der Waals surface area (Å²) >= 11 is 0. The predicted octanol–water partition coefficient (Wildman–Crippen LogP) is 2.98. The first-order valence-corrected chi connectivity index (χ1v) is 10.4. The van der Waals surface area contributed by atoms with Crippen LogP contribution >= 0.6 is 0 Å². The molecule has 0 unspecified atom stereocenters. The lowest BCUT2D eigenvalue weighted by molar-refractivity contribution is -0.139. The van der Waals surface area contributed by atoms with Gasteiger partial charge in [0.2, 0.25) is 22.7 Å². The molecule has 1 heterocycles. The molecule has 0 saturated heterocycles. The Kier molecular flexibility index (Phi) is 6.22. The number of ether oxygens (including phenoxy) is 2. The minimum atomic E-state index is -4.82. The van der Waals surface area contributed by atoms with Crippen LogP contribution in [0.15, 0.2) is 47.4 Å². The quantitative estimate of drug-likeness (QED) is 0.685. The zero-order valence-electron chi connectivity index (χ0n) is 15.8. The van der Waals surface area contributed by atoms with Crippen molar-refractivity contribution in [3.8, 4) is 11.5 Å². The second-order valence-electron chi connectivity index (χ2n) is 6.54. The fourth-order valence-electron chi connectivity index (χ4n) is 2.89. The molecule has 30 heavy (non-hydrogen) atoms. The van der Waals surface area contributed by atoms with E-state index >= 15 is 0 Å². The van der Waals surface area contributed by atoms with Crippen LogP contribution in [0.1, 0.15) is 30.5 Å². The van der Waals surface area contributed by atoms with Crippen LogP contribution < -0.4 is 19.5 Å². The summed E-state index contributed by atoms with van der Waals surface area (Å²) in [7, 11) is -4.44. The van der Waals surface area contributed by atoms with Crippen LogP contribution in [-0.4, -0.2) is 27.7 Å². The number of hydrogen-bond donors (Lipinski definition) is 2. The Labute approximate surface area is 171 Å². The number of nitrogens with one attached hydrogen (secondary N) is 2. The second kappa shape index (κ2) is 8.52. The van der Waals surface area contributed by atoms with Gasteiger partial charge in [0.25, 0.3) is 0 Å². The zero-order valence-corrected chi connectivity index (χ0v) is 16.6. The number of fused-ring (bicyclic) bond motifs is 1. The van der Waals surface area contributed by atoms with Gasteiger partial charge in [0.15, 0.2) is 11.5 Å². The number of halogens is 3. The van der Waals surface area contributed by atoms with Crippen molar-refractivity contribution >= 4 is 15.9 Å². The van der Waals surface area contributed by atoms with E-state index in [9.17, 15) is 26.4 Å². The highest BCUT2D eigenvalue weighted by molar-refractivity contribution is 7.89. The number of rotatable bonds is 7. The number of sulfonamides is 1. The van der Waals surface area contributed by atoms with Gasteiger partial charge >= 0.3 is 6.18 Å². The van der Waals surface area contributed by atoms with Crippen LogP contribution in [0.4, 0.5) is 13.2 Å². The van der Waals surface area contributed by atoms with E-state index in [0.717, 1.165) is 17.7 Å². The lowest BCUT2D eigenvalue weighted by Gasteiger charge is -2.16. The molecule has 3 rings (SSSR count). The molecule has 1 aliphatic heterocycles. The van der Waals surface area contributed by atoms with Crippen molar-refractivity contribution in [2.24, 2.45) is 0 Å². The van der Waals surface area contributed by atoms with Gasteiger partial charge in [-0.1, -0.05) is 18.2 Å². The molecular weight excluding hydrogens is 425 g/mol. The summed E-state index contributed by atoms with van der Waals surface area (Å²) in [4.78, 5) is 11.2. The maximum absolute atomic E-state index is 13.0. The number of amides is 1. The van der Waals surface area contributed by atoms with Gasteiger partial charge in [0.05, 0.1) is 16.5 Å². The summed E-state index contributed by atoms with van der Waals surface area (Å²) in [5.41, 5.74) is -0.509. The van der Waals surface area contributed by atoms with Gasteiger partial charge in [-0.05, 0) is 36.8 Å². The summed E-state index contributed by atoms with van der Waals surface area (Å²) < 4.78 is 76.2. The highest BCUT2D eigenvalue weighted by Crippen LogP contribution is 2.35. The molecule has 7 nitrogen and oxygen atoms in total. The standard InChI is InChI=1S/C19H19F3N2O5S/c1-12(13-6-7-15-16(10-13)29-11-28-15)24-18(25)8-9-23-30(26,27)17-5-3-2-4-14(17)19(20,21)22/h2-7,10,12,23H,8-9,11H2,1H3,(H,24,25)/t12-/m1/s1. The average Bonchev–Trinajstić information content (AvgIpc) is 3.15. The Bertz CT molecular complexity index is 1040. The summed E-state index contributed by atoms with van der Waals surface area (Å²) in [5.74, 6) is 0.697. The Morgan fingerprint density at radius 2 is 1.83 bits per heavy atom. The molecular formula is C19H19F3N2O5S. The van der Waals surface area contributed by atoms with E-state index in [1.165, 1.54) is 6.07 Å². The van der Waals surface area contributed by atoms with Gasteiger partial charge in [-0.25, -0.2) is 13.1 Å². The fourth-order valence-corrected chi connectivity index (χ4v) is 4.15. The molecule has 1 amide bonds. The van der Waals surface area contributed by atoms with Crippen molar-refractivity contribution in [1.82, 2.24) is 10.0 Å². The molecule has 0 spiro atoms. The van der Waals surface area contributed by atoms with E-state index in [2.05, 4.69) is 5.32 Å². The van der Waals surface area contributed by atoms with Crippen LogP contribution in [0.5, 0.6) is 11.5 Å². The van der Waals surface area contributed by atoms with Crippen LogP contribution in [0.3, 0.4) is 0 Å². The van der Waals surface area contributed by atoms with Crippen molar-refractivity contribution in [2.75, 3.05) is 13.3 Å². The minimum Gasteiger partial charge on any atom is -0.454 e. The molecule has 0 bridgehead atoms. The Morgan fingerprint density at radius 1 is 1.13 bits per heavy atom. The summed E-state index contributed by atoms with van der Waals surface area (Å²) in [6.45, 7) is 1.50. The van der Waals surface area contributed by atoms with Crippen molar-refractivity contribution in [2.45, 2.75) is 30.5 Å². The molecule has 0 fully saturated rings. The molecule has 0 aliphatic carbocycles. The van der Waals surface area contributed by atoms with E-state index in [1.807, 2.05) is 4.72 Å². The molecule has 2 aromatic rings. The molecule has 11 heteroatoms. The van der Waals surface area contributed by atoms with Gasteiger partial charge in [0, 0.05) is 13.0 Å². The lowest BCUT2D eigenvalue weighted by atomic mass is 10.1. The molecule has 1 atom stereocenters. The van der Waals surface area contributed by atoms with Crippen molar-refractivity contribution in [3.05, 3.63) is 53.6 Å². The van der Waals surface area contributed by atoms with E-state index in [1.54, 1.807) is 25.1 Å². The first kappa shape index (κ1) is 21.9.